The third kappa shape index (κ3) is 2.85. The maximum atomic E-state index is 5.56. The first-order valence-electron chi connectivity index (χ1n) is 7.64. The largest absolute Gasteiger partial charge is 0.381 e. The van der Waals surface area contributed by atoms with Gasteiger partial charge in [-0.1, -0.05) is 18.2 Å². The Bertz CT molecular complexity index is 429. The van der Waals surface area contributed by atoms with Crippen LogP contribution in [-0.4, -0.2) is 26.8 Å². The molecule has 0 amide bonds. The second-order valence-electron chi connectivity index (χ2n) is 6.28. The fraction of sp³-hybridized carbons (Fsp3) is 0.647. The van der Waals surface area contributed by atoms with Gasteiger partial charge in [-0.05, 0) is 67.7 Å². The van der Waals surface area contributed by atoms with Gasteiger partial charge in [0.2, 0.25) is 0 Å². The first kappa shape index (κ1) is 13.1. The molecule has 1 aliphatic heterocycles. The number of ether oxygens (including phenoxy) is 1. The van der Waals surface area contributed by atoms with Gasteiger partial charge in [-0.15, -0.1) is 0 Å². The van der Waals surface area contributed by atoms with Crippen LogP contribution in [0.3, 0.4) is 0 Å². The van der Waals surface area contributed by atoms with E-state index in [1.807, 2.05) is 0 Å². The van der Waals surface area contributed by atoms with Crippen LogP contribution in [0.2, 0.25) is 0 Å². The average Bonchev–Trinajstić information content (AvgIpc) is 2.87. The van der Waals surface area contributed by atoms with Crippen molar-refractivity contribution >= 4 is 0 Å². The SMILES string of the molecule is CNCC1(Cc2ccc3c(c2)CCC3)CCOCC1. The lowest BCUT2D eigenvalue weighted by Crippen LogP contribution is -2.39. The van der Waals surface area contributed by atoms with Crippen molar-refractivity contribution in [3.05, 3.63) is 34.9 Å². The summed E-state index contributed by atoms with van der Waals surface area (Å²) in [5, 5.41) is 3.40. The Morgan fingerprint density at radius 3 is 2.74 bits per heavy atom. The molecule has 0 aromatic heterocycles. The molecule has 0 radical (unpaired) electrons. The molecule has 19 heavy (non-hydrogen) atoms. The van der Waals surface area contributed by atoms with Crippen molar-refractivity contribution in [3.63, 3.8) is 0 Å². The van der Waals surface area contributed by atoms with E-state index < -0.39 is 0 Å². The van der Waals surface area contributed by atoms with E-state index in [1.54, 1.807) is 11.1 Å². The van der Waals surface area contributed by atoms with Crippen molar-refractivity contribution in [1.29, 1.82) is 0 Å². The summed E-state index contributed by atoms with van der Waals surface area (Å²) in [5.41, 5.74) is 5.11. The predicted octanol–water partition coefficient (Wildman–Crippen LogP) is 2.73. The average molecular weight is 259 g/mol. The van der Waals surface area contributed by atoms with Crippen LogP contribution in [0.1, 0.15) is 36.0 Å². The van der Waals surface area contributed by atoms with Crippen LogP contribution in [0, 0.1) is 5.41 Å². The smallest absolute Gasteiger partial charge is 0.0471 e. The van der Waals surface area contributed by atoms with Crippen molar-refractivity contribution < 1.29 is 4.74 Å². The van der Waals surface area contributed by atoms with Gasteiger partial charge < -0.3 is 10.1 Å². The highest BCUT2D eigenvalue weighted by Gasteiger charge is 2.32. The molecule has 0 spiro atoms. The number of nitrogens with one attached hydrogen (secondary N) is 1. The number of hydrogen-bond acceptors (Lipinski definition) is 2. The van der Waals surface area contributed by atoms with Crippen molar-refractivity contribution in [1.82, 2.24) is 5.32 Å². The van der Waals surface area contributed by atoms with Gasteiger partial charge in [-0.25, -0.2) is 0 Å². The molecule has 1 aliphatic carbocycles. The van der Waals surface area contributed by atoms with E-state index in [-0.39, 0.29) is 0 Å². The van der Waals surface area contributed by atoms with Crippen LogP contribution in [0.25, 0.3) is 0 Å². The normalized spacial score (nSPS) is 21.3. The summed E-state index contributed by atoms with van der Waals surface area (Å²) in [7, 11) is 2.07. The van der Waals surface area contributed by atoms with Crippen LogP contribution in [0.5, 0.6) is 0 Å². The number of aryl methyl sites for hydroxylation is 2. The zero-order valence-corrected chi connectivity index (χ0v) is 12.0. The molecule has 0 unspecified atom stereocenters. The molecule has 2 nitrogen and oxygen atoms in total. The molecule has 0 bridgehead atoms. The Hall–Kier alpha value is -0.860. The summed E-state index contributed by atoms with van der Waals surface area (Å²) in [4.78, 5) is 0. The highest BCUT2D eigenvalue weighted by Crippen LogP contribution is 2.35. The fourth-order valence-corrected chi connectivity index (χ4v) is 3.76. The van der Waals surface area contributed by atoms with E-state index in [0.29, 0.717) is 5.41 Å². The number of fused-ring (bicyclic) bond motifs is 1. The second-order valence-corrected chi connectivity index (χ2v) is 6.28. The van der Waals surface area contributed by atoms with Crippen LogP contribution in [0.15, 0.2) is 18.2 Å². The summed E-state index contributed by atoms with van der Waals surface area (Å²) >= 11 is 0. The summed E-state index contributed by atoms with van der Waals surface area (Å²) in [6.07, 6.45) is 7.48. The Morgan fingerprint density at radius 2 is 1.95 bits per heavy atom. The molecule has 1 saturated heterocycles. The Balaban J connectivity index is 1.77. The van der Waals surface area contributed by atoms with E-state index in [0.717, 1.165) is 19.8 Å². The van der Waals surface area contributed by atoms with Crippen LogP contribution >= 0.6 is 0 Å². The van der Waals surface area contributed by atoms with Gasteiger partial charge in [-0.2, -0.15) is 0 Å². The third-order valence-electron chi connectivity index (χ3n) is 4.85. The molecular weight excluding hydrogens is 234 g/mol. The minimum Gasteiger partial charge on any atom is -0.381 e. The van der Waals surface area contributed by atoms with Gasteiger partial charge >= 0.3 is 0 Å². The quantitative estimate of drug-likeness (QED) is 0.897. The number of rotatable bonds is 4. The second kappa shape index (κ2) is 5.64. The Labute approximate surface area is 116 Å². The van der Waals surface area contributed by atoms with Gasteiger partial charge in [0.1, 0.15) is 0 Å². The highest BCUT2D eigenvalue weighted by atomic mass is 16.5. The first-order valence-corrected chi connectivity index (χ1v) is 7.64. The van der Waals surface area contributed by atoms with Crippen molar-refractivity contribution in [2.24, 2.45) is 5.41 Å². The van der Waals surface area contributed by atoms with Crippen molar-refractivity contribution in [3.8, 4) is 0 Å². The molecule has 1 aromatic rings. The molecule has 104 valence electrons. The van der Waals surface area contributed by atoms with Crippen LogP contribution in [-0.2, 0) is 24.0 Å². The molecule has 0 atom stereocenters. The molecule has 3 rings (SSSR count). The Kier molecular flexibility index (Phi) is 3.90. The monoisotopic (exact) mass is 259 g/mol. The molecule has 2 heteroatoms. The molecule has 1 aromatic carbocycles. The lowest BCUT2D eigenvalue weighted by molar-refractivity contribution is 0.0158. The first-order chi connectivity index (χ1) is 9.31. The van der Waals surface area contributed by atoms with Crippen LogP contribution in [0.4, 0.5) is 0 Å². The van der Waals surface area contributed by atoms with Crippen LogP contribution < -0.4 is 5.32 Å². The minimum atomic E-state index is 0.403. The topological polar surface area (TPSA) is 21.3 Å². The van der Waals surface area contributed by atoms with E-state index in [4.69, 9.17) is 4.74 Å². The van der Waals surface area contributed by atoms with Gasteiger partial charge in [0.15, 0.2) is 0 Å². The zero-order valence-electron chi connectivity index (χ0n) is 12.0. The van der Waals surface area contributed by atoms with E-state index >= 15 is 0 Å². The maximum absolute atomic E-state index is 5.56. The molecule has 2 aliphatic rings. The van der Waals surface area contributed by atoms with E-state index in [9.17, 15) is 0 Å². The van der Waals surface area contributed by atoms with Gasteiger partial charge in [0.25, 0.3) is 0 Å². The maximum Gasteiger partial charge on any atom is 0.0471 e. The summed E-state index contributed by atoms with van der Waals surface area (Å²) in [5.74, 6) is 0. The summed E-state index contributed by atoms with van der Waals surface area (Å²) < 4.78 is 5.56. The predicted molar refractivity (Wildman–Crippen MR) is 78.6 cm³/mol. The lowest BCUT2D eigenvalue weighted by atomic mass is 9.75. The fourth-order valence-electron chi connectivity index (χ4n) is 3.76. The van der Waals surface area contributed by atoms with Gasteiger partial charge in [0.05, 0.1) is 0 Å². The number of hydrogen-bond donors (Lipinski definition) is 1. The molecule has 1 heterocycles. The highest BCUT2D eigenvalue weighted by molar-refractivity contribution is 5.35. The molecule has 1 fully saturated rings. The van der Waals surface area contributed by atoms with E-state index in [2.05, 4.69) is 30.6 Å². The lowest BCUT2D eigenvalue weighted by Gasteiger charge is -2.37. The summed E-state index contributed by atoms with van der Waals surface area (Å²) in [6.45, 7) is 2.95. The zero-order chi connectivity index (χ0) is 13.1. The number of benzene rings is 1. The van der Waals surface area contributed by atoms with E-state index in [1.165, 1.54) is 44.1 Å². The molecule has 0 saturated carbocycles. The standard InChI is InChI=1S/C17H25NO/c1-18-13-17(7-9-19-10-8-17)12-14-5-6-15-3-2-4-16(15)11-14/h5-6,11,18H,2-4,7-10,12-13H2,1H3. The van der Waals surface area contributed by atoms with Gasteiger partial charge in [-0.3, -0.25) is 0 Å². The minimum absolute atomic E-state index is 0.403. The van der Waals surface area contributed by atoms with Gasteiger partial charge in [0, 0.05) is 19.8 Å². The Morgan fingerprint density at radius 1 is 1.16 bits per heavy atom. The molecular formula is C17H25NO. The summed E-state index contributed by atoms with van der Waals surface area (Å²) in [6, 6.07) is 7.19. The third-order valence-corrected chi connectivity index (χ3v) is 4.85. The van der Waals surface area contributed by atoms with Crippen molar-refractivity contribution in [2.45, 2.75) is 38.5 Å². The molecule has 1 N–H and O–H groups in total. The van der Waals surface area contributed by atoms with Crippen molar-refractivity contribution in [2.75, 3.05) is 26.8 Å².